The van der Waals surface area contributed by atoms with Crippen LogP contribution >= 0.6 is 0 Å². The first-order chi connectivity index (χ1) is 31.7. The maximum absolute atomic E-state index is 13.3. The normalized spacial score (nSPS) is 21.1. The van der Waals surface area contributed by atoms with Gasteiger partial charge in [-0.15, -0.1) is 0 Å². The molecule has 0 saturated carbocycles. The van der Waals surface area contributed by atoms with Gasteiger partial charge in [-0.05, 0) is 64.2 Å². The Bertz CT molecular complexity index is 1420. The summed E-state index contributed by atoms with van der Waals surface area (Å²) < 4.78 is 17.4. The van der Waals surface area contributed by atoms with Gasteiger partial charge < -0.3 is 45.1 Å². The van der Waals surface area contributed by atoms with E-state index in [0.717, 1.165) is 83.5 Å². The molecular formula is C54H89NO10. The molecule has 1 amide bonds. The van der Waals surface area contributed by atoms with Gasteiger partial charge in [0.15, 0.2) is 12.4 Å². The molecule has 0 bridgehead atoms. The van der Waals surface area contributed by atoms with Crippen LogP contribution in [-0.2, 0) is 23.8 Å². The van der Waals surface area contributed by atoms with Gasteiger partial charge in [0.25, 0.3) is 0 Å². The molecule has 0 radical (unpaired) electrons. The van der Waals surface area contributed by atoms with E-state index < -0.39 is 67.4 Å². The Morgan fingerprint density at radius 2 is 1.11 bits per heavy atom. The molecule has 6 N–H and O–H groups in total. The summed E-state index contributed by atoms with van der Waals surface area (Å²) >= 11 is 0. The Balaban J connectivity index is 2.85. The number of hydrogen-bond acceptors (Lipinski definition) is 10. The van der Waals surface area contributed by atoms with Crippen molar-refractivity contribution in [2.45, 2.75) is 217 Å². The predicted molar refractivity (Wildman–Crippen MR) is 264 cm³/mol. The van der Waals surface area contributed by atoms with Gasteiger partial charge in [0, 0.05) is 6.42 Å². The van der Waals surface area contributed by atoms with Crippen LogP contribution in [-0.4, -0.2) is 99.6 Å². The highest BCUT2D eigenvalue weighted by Crippen LogP contribution is 2.26. The summed E-state index contributed by atoms with van der Waals surface area (Å²) in [6.07, 6.45) is 43.3. The Labute approximate surface area is 393 Å². The number of amides is 1. The van der Waals surface area contributed by atoms with Crippen molar-refractivity contribution in [1.29, 1.82) is 0 Å². The van der Waals surface area contributed by atoms with E-state index in [1.165, 1.54) is 38.5 Å². The topological polar surface area (TPSA) is 175 Å². The second kappa shape index (κ2) is 42.0. The van der Waals surface area contributed by atoms with Crippen molar-refractivity contribution in [3.05, 3.63) is 97.2 Å². The highest BCUT2D eigenvalue weighted by molar-refractivity contribution is 5.80. The molecular weight excluding hydrogens is 823 g/mol. The zero-order valence-electron chi connectivity index (χ0n) is 40.3. The average Bonchev–Trinajstić information content (AvgIpc) is 3.30. The smallest absolute Gasteiger partial charge is 0.306 e. The maximum Gasteiger partial charge on any atom is 0.306 e. The zero-order chi connectivity index (χ0) is 47.6. The van der Waals surface area contributed by atoms with Crippen molar-refractivity contribution in [3.63, 3.8) is 0 Å². The van der Waals surface area contributed by atoms with Gasteiger partial charge in [0.2, 0.25) is 5.91 Å². The van der Waals surface area contributed by atoms with E-state index in [9.17, 15) is 35.1 Å². The number of allylic oxidation sites excluding steroid dienone is 15. The van der Waals surface area contributed by atoms with Gasteiger partial charge in [-0.25, -0.2) is 0 Å². The third-order valence-electron chi connectivity index (χ3n) is 11.1. The monoisotopic (exact) mass is 912 g/mol. The summed E-state index contributed by atoms with van der Waals surface area (Å²) in [5.74, 6) is -1.27. The first kappa shape index (κ1) is 59.6. The Hall–Kier alpha value is -3.42. The molecule has 1 rings (SSSR count). The lowest BCUT2D eigenvalue weighted by atomic mass is 9.99. The van der Waals surface area contributed by atoms with Crippen molar-refractivity contribution in [2.75, 3.05) is 13.2 Å². The van der Waals surface area contributed by atoms with E-state index in [1.807, 2.05) is 72.9 Å². The number of nitrogens with one attached hydrogen (secondary N) is 1. The third kappa shape index (κ3) is 31.2. The van der Waals surface area contributed by atoms with Gasteiger partial charge in [0.05, 0.1) is 25.4 Å². The molecule has 0 spiro atoms. The molecule has 11 heteroatoms. The molecule has 1 heterocycles. The average molecular weight is 912 g/mol. The van der Waals surface area contributed by atoms with Gasteiger partial charge in [-0.2, -0.15) is 0 Å². The van der Waals surface area contributed by atoms with Crippen molar-refractivity contribution in [1.82, 2.24) is 5.32 Å². The number of esters is 1. The second-order valence-electron chi connectivity index (χ2n) is 16.9. The number of aliphatic hydroxyl groups is 5. The number of carbonyl (C=O) groups excluding carboxylic acids is 2. The van der Waals surface area contributed by atoms with E-state index in [2.05, 4.69) is 44.3 Å². The molecule has 8 unspecified atom stereocenters. The SMILES string of the molecule is CC/C=C/C=C/C=C\C=C/CCCCC(O)C(=O)NC(COC1OC(CO)C(O)C(O)C1OC(=O)CCCCCCC\C=C/C=C/C=C/CC)C(O)/C=C/CCCCCCCCCCC. The molecule has 1 aliphatic heterocycles. The summed E-state index contributed by atoms with van der Waals surface area (Å²) in [5, 5.41) is 56.4. The lowest BCUT2D eigenvalue weighted by Crippen LogP contribution is -2.61. The Kier molecular flexibility index (Phi) is 38.5. The summed E-state index contributed by atoms with van der Waals surface area (Å²) in [7, 11) is 0. The highest BCUT2D eigenvalue weighted by Gasteiger charge is 2.47. The summed E-state index contributed by atoms with van der Waals surface area (Å²) in [6.45, 7) is 5.41. The lowest BCUT2D eigenvalue weighted by Gasteiger charge is -2.41. The number of aliphatic hydroxyl groups excluding tert-OH is 5. The van der Waals surface area contributed by atoms with Crippen molar-refractivity contribution < 1.29 is 49.3 Å². The number of hydrogen-bond donors (Lipinski definition) is 6. The lowest BCUT2D eigenvalue weighted by molar-refractivity contribution is -0.305. The van der Waals surface area contributed by atoms with Crippen LogP contribution in [0.1, 0.15) is 168 Å². The molecule has 1 fully saturated rings. The largest absolute Gasteiger partial charge is 0.454 e. The Morgan fingerprint density at radius 1 is 0.615 bits per heavy atom. The van der Waals surface area contributed by atoms with Gasteiger partial charge in [-0.1, -0.05) is 195 Å². The van der Waals surface area contributed by atoms with Crippen molar-refractivity contribution in [3.8, 4) is 0 Å². The van der Waals surface area contributed by atoms with Crippen LogP contribution in [0.4, 0.5) is 0 Å². The van der Waals surface area contributed by atoms with Crippen LogP contribution in [0.5, 0.6) is 0 Å². The molecule has 370 valence electrons. The summed E-state index contributed by atoms with van der Waals surface area (Å²) in [4.78, 5) is 26.3. The van der Waals surface area contributed by atoms with E-state index in [-0.39, 0.29) is 19.4 Å². The van der Waals surface area contributed by atoms with E-state index in [0.29, 0.717) is 12.8 Å². The number of carbonyl (C=O) groups is 2. The summed E-state index contributed by atoms with van der Waals surface area (Å²) in [5.41, 5.74) is 0. The van der Waals surface area contributed by atoms with Gasteiger partial charge in [-0.3, -0.25) is 9.59 Å². The van der Waals surface area contributed by atoms with Gasteiger partial charge in [0.1, 0.15) is 24.4 Å². The highest BCUT2D eigenvalue weighted by atomic mass is 16.7. The predicted octanol–water partition coefficient (Wildman–Crippen LogP) is 10.0. The maximum atomic E-state index is 13.3. The quantitative estimate of drug-likeness (QED) is 0.0151. The van der Waals surface area contributed by atoms with Crippen LogP contribution in [0.15, 0.2) is 97.2 Å². The van der Waals surface area contributed by atoms with E-state index in [1.54, 1.807) is 6.08 Å². The molecule has 0 aromatic heterocycles. The standard InChI is InChI=1S/C54H89NO10/c1-4-7-10-13-16-19-22-24-27-30-33-36-39-42-49(59)65-52-51(61)50(60)48(43-56)64-54(52)63-44-45(46(57)40-37-34-31-28-25-21-18-15-12-9-6-3)55-53(62)47(58)41-38-35-32-29-26-23-20-17-14-11-8-5-2/h7-8,10-11,13-14,16-17,19-20,22-23,26,29,37,40,45-48,50-52,54,56-58,60-61H,4-6,9,12,15,18,21,24-25,27-28,30-36,38-39,41-44H2,1-3H3,(H,55,62)/b10-7+,11-8+,16-13+,17-14+,22-19-,23-20-,29-26-,40-37+. The molecule has 65 heavy (non-hydrogen) atoms. The number of rotatable bonds is 39. The number of ether oxygens (including phenoxy) is 3. The number of unbranched alkanes of at least 4 members (excludes halogenated alkanes) is 16. The van der Waals surface area contributed by atoms with Crippen LogP contribution in [0.3, 0.4) is 0 Å². The first-order valence-corrected chi connectivity index (χ1v) is 25.1. The molecule has 0 aromatic carbocycles. The fourth-order valence-electron chi connectivity index (χ4n) is 7.13. The summed E-state index contributed by atoms with van der Waals surface area (Å²) in [6, 6.07) is -1.05. The zero-order valence-corrected chi connectivity index (χ0v) is 40.3. The van der Waals surface area contributed by atoms with Crippen LogP contribution in [0.25, 0.3) is 0 Å². The third-order valence-corrected chi connectivity index (χ3v) is 11.1. The van der Waals surface area contributed by atoms with E-state index >= 15 is 0 Å². The molecule has 11 nitrogen and oxygen atoms in total. The molecule has 0 aromatic rings. The Morgan fingerprint density at radius 3 is 1.66 bits per heavy atom. The van der Waals surface area contributed by atoms with Gasteiger partial charge >= 0.3 is 5.97 Å². The fourth-order valence-corrected chi connectivity index (χ4v) is 7.13. The minimum Gasteiger partial charge on any atom is -0.454 e. The van der Waals surface area contributed by atoms with Crippen LogP contribution in [0, 0.1) is 0 Å². The molecule has 0 aliphatic carbocycles. The minimum absolute atomic E-state index is 0.0899. The van der Waals surface area contributed by atoms with Crippen molar-refractivity contribution in [2.24, 2.45) is 0 Å². The minimum atomic E-state index is -1.63. The molecule has 1 aliphatic rings. The van der Waals surface area contributed by atoms with Crippen LogP contribution in [0.2, 0.25) is 0 Å². The fraction of sp³-hybridized carbons (Fsp3) is 0.667. The first-order valence-electron chi connectivity index (χ1n) is 25.1. The second-order valence-corrected chi connectivity index (χ2v) is 16.9. The van der Waals surface area contributed by atoms with E-state index in [4.69, 9.17) is 14.2 Å². The van der Waals surface area contributed by atoms with Crippen LogP contribution < -0.4 is 5.32 Å². The van der Waals surface area contributed by atoms with Crippen molar-refractivity contribution >= 4 is 11.9 Å². The molecule has 1 saturated heterocycles. The molecule has 8 atom stereocenters.